The molecule has 9 heteroatoms. The van der Waals surface area contributed by atoms with Gasteiger partial charge in [0.1, 0.15) is 18.1 Å². The molecule has 2 aromatic rings. The molecular formula is C19H16FNO7. The van der Waals surface area contributed by atoms with Gasteiger partial charge in [0.2, 0.25) is 12.6 Å². The molecule has 0 saturated carbocycles. The summed E-state index contributed by atoms with van der Waals surface area (Å²) in [6.45, 7) is -0.976. The number of ether oxygens (including phenoxy) is 4. The van der Waals surface area contributed by atoms with Crippen LogP contribution < -0.4 is 19.5 Å². The fraction of sp³-hybridized carbons (Fsp3) is 0.211. The Labute approximate surface area is 159 Å². The zero-order valence-corrected chi connectivity index (χ0v) is 14.8. The monoisotopic (exact) mass is 389 g/mol. The van der Waals surface area contributed by atoms with E-state index in [-0.39, 0.29) is 23.7 Å². The fourth-order valence-electron chi connectivity index (χ4n) is 2.47. The third kappa shape index (κ3) is 4.37. The highest BCUT2D eigenvalue weighted by Gasteiger charge is 2.18. The van der Waals surface area contributed by atoms with Crippen LogP contribution in [0.25, 0.3) is 0 Å². The Morgan fingerprint density at radius 2 is 1.89 bits per heavy atom. The number of carbonyl (C=O) groups excluding carboxylic acids is 3. The number of carbonyl (C=O) groups is 3. The number of methoxy groups -OCH3 is 1. The van der Waals surface area contributed by atoms with Crippen LogP contribution in [-0.2, 0) is 9.53 Å². The molecule has 8 nitrogen and oxygen atoms in total. The molecule has 0 unspecified atom stereocenters. The maximum atomic E-state index is 13.3. The number of hydrogen-bond donors (Lipinski definition) is 1. The molecule has 0 bridgehead atoms. The van der Waals surface area contributed by atoms with Crippen molar-refractivity contribution in [3.8, 4) is 17.2 Å². The zero-order chi connectivity index (χ0) is 20.1. The Bertz CT molecular complexity index is 928. The first-order valence-corrected chi connectivity index (χ1v) is 8.18. The molecule has 3 rings (SSSR count). The molecule has 2 aromatic carbocycles. The van der Waals surface area contributed by atoms with E-state index in [1.165, 1.54) is 25.3 Å². The van der Waals surface area contributed by atoms with E-state index in [0.29, 0.717) is 11.5 Å². The fourth-order valence-corrected chi connectivity index (χ4v) is 2.47. The Morgan fingerprint density at radius 3 is 2.68 bits per heavy atom. The van der Waals surface area contributed by atoms with E-state index in [9.17, 15) is 18.8 Å². The average molecular weight is 389 g/mol. The lowest BCUT2D eigenvalue weighted by molar-refractivity contribution is -0.141. The minimum Gasteiger partial charge on any atom is -0.496 e. The van der Waals surface area contributed by atoms with Crippen LogP contribution in [0.1, 0.15) is 20.7 Å². The van der Waals surface area contributed by atoms with E-state index in [4.69, 9.17) is 18.9 Å². The van der Waals surface area contributed by atoms with Gasteiger partial charge in [-0.1, -0.05) is 0 Å². The molecule has 1 heterocycles. The van der Waals surface area contributed by atoms with Crippen LogP contribution in [-0.4, -0.2) is 44.7 Å². The predicted molar refractivity (Wildman–Crippen MR) is 93.1 cm³/mol. The van der Waals surface area contributed by atoms with Crippen molar-refractivity contribution in [1.82, 2.24) is 5.32 Å². The maximum Gasteiger partial charge on any atom is 0.325 e. The number of esters is 1. The van der Waals surface area contributed by atoms with Gasteiger partial charge in [-0.2, -0.15) is 0 Å². The molecule has 1 N–H and O–H groups in total. The van der Waals surface area contributed by atoms with Crippen molar-refractivity contribution in [2.75, 3.05) is 27.1 Å². The minimum absolute atomic E-state index is 0.0419. The number of ketones is 1. The average Bonchev–Trinajstić information content (AvgIpc) is 3.17. The second-order valence-electron chi connectivity index (χ2n) is 5.68. The first-order chi connectivity index (χ1) is 13.5. The van der Waals surface area contributed by atoms with Gasteiger partial charge in [-0.25, -0.2) is 4.39 Å². The van der Waals surface area contributed by atoms with E-state index in [0.717, 1.165) is 12.1 Å². The lowest BCUT2D eigenvalue weighted by Gasteiger charge is -2.09. The van der Waals surface area contributed by atoms with Crippen LogP contribution in [0.4, 0.5) is 4.39 Å². The standard InChI is InChI=1S/C19H16FNO7/c1-25-15-5-3-12(20)7-13(15)14(22)9-26-18(23)8-21-19(24)11-2-4-16-17(6-11)28-10-27-16/h2-7H,8-10H2,1H3,(H,21,24). The van der Waals surface area contributed by atoms with E-state index < -0.39 is 36.6 Å². The highest BCUT2D eigenvalue weighted by molar-refractivity contribution is 6.01. The van der Waals surface area contributed by atoms with Crippen LogP contribution >= 0.6 is 0 Å². The molecule has 0 radical (unpaired) electrons. The maximum absolute atomic E-state index is 13.3. The van der Waals surface area contributed by atoms with Gasteiger partial charge >= 0.3 is 5.97 Å². The van der Waals surface area contributed by atoms with E-state index in [1.807, 2.05) is 0 Å². The van der Waals surface area contributed by atoms with Crippen LogP contribution in [0.3, 0.4) is 0 Å². The van der Waals surface area contributed by atoms with Crippen molar-refractivity contribution in [3.63, 3.8) is 0 Å². The van der Waals surface area contributed by atoms with Crippen molar-refractivity contribution in [2.24, 2.45) is 0 Å². The highest BCUT2D eigenvalue weighted by atomic mass is 19.1. The molecule has 1 aliphatic heterocycles. The Morgan fingerprint density at radius 1 is 1.11 bits per heavy atom. The number of rotatable bonds is 7. The summed E-state index contributed by atoms with van der Waals surface area (Å²) in [4.78, 5) is 36.0. The summed E-state index contributed by atoms with van der Waals surface area (Å²) in [6.07, 6.45) is 0. The summed E-state index contributed by atoms with van der Waals surface area (Å²) in [6, 6.07) is 8.04. The summed E-state index contributed by atoms with van der Waals surface area (Å²) in [5.74, 6) is -1.46. The van der Waals surface area contributed by atoms with Gasteiger partial charge in [-0.3, -0.25) is 14.4 Å². The normalized spacial score (nSPS) is 11.6. The van der Waals surface area contributed by atoms with E-state index in [2.05, 4.69) is 5.32 Å². The summed E-state index contributed by atoms with van der Waals surface area (Å²) in [5, 5.41) is 2.38. The molecule has 0 fully saturated rings. The van der Waals surface area contributed by atoms with E-state index >= 15 is 0 Å². The van der Waals surface area contributed by atoms with Gasteiger partial charge in [0.15, 0.2) is 18.1 Å². The second-order valence-corrected chi connectivity index (χ2v) is 5.68. The van der Waals surface area contributed by atoms with Crippen LogP contribution in [0.15, 0.2) is 36.4 Å². The van der Waals surface area contributed by atoms with Crippen LogP contribution in [0.5, 0.6) is 17.2 Å². The number of halogens is 1. The summed E-state index contributed by atoms with van der Waals surface area (Å²) < 4.78 is 33.5. The molecule has 0 aliphatic carbocycles. The first-order valence-electron chi connectivity index (χ1n) is 8.18. The Hall–Kier alpha value is -3.62. The summed E-state index contributed by atoms with van der Waals surface area (Å²) >= 11 is 0. The quantitative estimate of drug-likeness (QED) is 0.568. The lowest BCUT2D eigenvalue weighted by atomic mass is 10.1. The molecule has 0 saturated heterocycles. The molecule has 28 heavy (non-hydrogen) atoms. The van der Waals surface area contributed by atoms with Crippen molar-refractivity contribution in [2.45, 2.75) is 0 Å². The predicted octanol–water partition coefficient (Wildman–Crippen LogP) is 1.72. The largest absolute Gasteiger partial charge is 0.496 e. The number of benzene rings is 2. The number of Topliss-reactive ketones (excluding diaryl/α,β-unsaturated/α-hetero) is 1. The van der Waals surface area contributed by atoms with Gasteiger partial charge in [-0.05, 0) is 36.4 Å². The molecule has 0 spiro atoms. The molecular weight excluding hydrogens is 373 g/mol. The first kappa shape index (κ1) is 19.2. The topological polar surface area (TPSA) is 100 Å². The number of hydrogen-bond acceptors (Lipinski definition) is 7. The van der Waals surface area contributed by atoms with Gasteiger partial charge < -0.3 is 24.3 Å². The zero-order valence-electron chi connectivity index (χ0n) is 14.8. The van der Waals surface area contributed by atoms with Gasteiger partial charge in [0.25, 0.3) is 5.91 Å². The van der Waals surface area contributed by atoms with Gasteiger partial charge in [0, 0.05) is 5.56 Å². The van der Waals surface area contributed by atoms with Crippen LogP contribution in [0.2, 0.25) is 0 Å². The highest BCUT2D eigenvalue weighted by Crippen LogP contribution is 2.32. The molecule has 1 amide bonds. The minimum atomic E-state index is -0.821. The van der Waals surface area contributed by atoms with Crippen molar-refractivity contribution in [1.29, 1.82) is 0 Å². The summed E-state index contributed by atoms with van der Waals surface area (Å²) in [7, 11) is 1.34. The molecule has 0 aromatic heterocycles. The van der Waals surface area contributed by atoms with Gasteiger partial charge in [0.05, 0.1) is 12.7 Å². The SMILES string of the molecule is COc1ccc(F)cc1C(=O)COC(=O)CNC(=O)c1ccc2c(c1)OCO2. The molecule has 1 aliphatic rings. The third-order valence-electron chi connectivity index (χ3n) is 3.85. The van der Waals surface area contributed by atoms with Crippen LogP contribution in [0, 0.1) is 5.82 Å². The van der Waals surface area contributed by atoms with E-state index in [1.54, 1.807) is 6.07 Å². The van der Waals surface area contributed by atoms with Gasteiger partial charge in [-0.15, -0.1) is 0 Å². The van der Waals surface area contributed by atoms with Crippen molar-refractivity contribution >= 4 is 17.7 Å². The smallest absolute Gasteiger partial charge is 0.325 e. The Kier molecular flexibility index (Phi) is 5.73. The van der Waals surface area contributed by atoms with Crippen molar-refractivity contribution < 1.29 is 37.7 Å². The number of nitrogens with one attached hydrogen (secondary N) is 1. The summed E-state index contributed by atoms with van der Waals surface area (Å²) in [5.41, 5.74) is 0.234. The third-order valence-corrected chi connectivity index (χ3v) is 3.85. The second kappa shape index (κ2) is 8.38. The van der Waals surface area contributed by atoms with Crippen molar-refractivity contribution in [3.05, 3.63) is 53.3 Å². The Balaban J connectivity index is 1.50. The number of fused-ring (bicyclic) bond motifs is 1. The molecule has 146 valence electrons. The lowest BCUT2D eigenvalue weighted by Crippen LogP contribution is -2.31. The number of amides is 1. The molecule has 0 atom stereocenters.